The Labute approximate surface area is 217 Å². The average molecular weight is 521 g/mol. The molecule has 0 spiro atoms. The molecule has 0 heterocycles. The fraction of sp³-hybridized carbons (Fsp3) is 0.962. The zero-order chi connectivity index (χ0) is 30.3. The van der Waals surface area contributed by atoms with E-state index in [1.165, 1.54) is 0 Å². The minimum Gasteiger partial charge on any atom is -0.393 e. The number of hydrogen-bond acceptors (Lipinski definition) is 6. The molecule has 1 amide bonds. The van der Waals surface area contributed by atoms with Crippen LogP contribution in [-0.2, 0) is 14.9 Å². The van der Waals surface area contributed by atoms with E-state index >= 15 is 0 Å². The minimum atomic E-state index is -4.16. The minimum absolute atomic E-state index is 0.00850. The van der Waals surface area contributed by atoms with Gasteiger partial charge in [0.25, 0.3) is 10.1 Å². The van der Waals surface area contributed by atoms with Gasteiger partial charge < -0.3 is 20.6 Å². The number of aliphatic hydroxyl groups excluding tert-OH is 2. The molecule has 11 atom stereocenters. The summed E-state index contributed by atoms with van der Waals surface area (Å²) in [4.78, 5) is 12.3. The summed E-state index contributed by atoms with van der Waals surface area (Å²) in [7, 11) is -4.16. The quantitative estimate of drug-likeness (QED) is 0.324. The van der Waals surface area contributed by atoms with Crippen LogP contribution in [0.2, 0.25) is 0 Å². The third kappa shape index (κ3) is 5.05. The predicted octanol–water partition coefficient (Wildman–Crippen LogP) is 2.37. The van der Waals surface area contributed by atoms with Crippen molar-refractivity contribution in [1.29, 1.82) is 0 Å². The van der Waals surface area contributed by atoms with E-state index < -0.39 is 69.6 Å². The molecule has 35 heavy (non-hydrogen) atoms. The van der Waals surface area contributed by atoms with Crippen molar-refractivity contribution in [2.75, 3.05) is 12.3 Å². The molecule has 4 fully saturated rings. The number of rotatable bonds is 7. The first-order chi connectivity index (χ1) is 18.1. The monoisotopic (exact) mass is 520 g/mol. The van der Waals surface area contributed by atoms with Gasteiger partial charge >= 0.3 is 0 Å². The Bertz CT molecular complexity index is 1110. The Kier molecular flexibility index (Phi) is 5.98. The first-order valence-electron chi connectivity index (χ1n) is 15.4. The summed E-state index contributed by atoms with van der Waals surface area (Å²) >= 11 is 0. The van der Waals surface area contributed by atoms with Crippen molar-refractivity contribution in [1.82, 2.24) is 5.32 Å². The number of carbonyl (C=O) groups excluding carboxylic acids is 1. The molecule has 8 nitrogen and oxygen atoms in total. The molecule has 0 aliphatic heterocycles. The van der Waals surface area contributed by atoms with E-state index in [4.69, 9.17) is 11.4 Å². The molecule has 9 heteroatoms. The van der Waals surface area contributed by atoms with Crippen molar-refractivity contribution in [3.05, 3.63) is 0 Å². The lowest BCUT2D eigenvalue weighted by Gasteiger charge is -2.63. The molecule has 0 aromatic rings. The highest BCUT2D eigenvalue weighted by Crippen LogP contribution is 2.68. The molecule has 0 aromatic heterocycles. The van der Waals surface area contributed by atoms with Gasteiger partial charge in [0.1, 0.15) is 0 Å². The second-order valence-electron chi connectivity index (χ2n) is 12.0. The van der Waals surface area contributed by atoms with Crippen LogP contribution in [0.1, 0.15) is 85.3 Å². The van der Waals surface area contributed by atoms with Crippen molar-refractivity contribution >= 4 is 16.0 Å². The first kappa shape index (κ1) is 21.2. The number of fused-ring (bicyclic) bond motifs is 5. The maximum absolute atomic E-state index is 12.3. The Morgan fingerprint density at radius 1 is 1.20 bits per heavy atom. The Hall–Kier alpha value is -0.740. The van der Waals surface area contributed by atoms with Crippen LogP contribution in [0.25, 0.3) is 0 Å². The number of hydrogen-bond donors (Lipinski definition) is 5. The lowest BCUT2D eigenvalue weighted by atomic mass is 9.43. The lowest BCUT2D eigenvalue weighted by Crippen LogP contribution is -2.62. The smallest absolute Gasteiger partial charge is 0.266 e. The highest BCUT2D eigenvalue weighted by atomic mass is 32.2. The molecular formula is C26H45NO7S. The van der Waals surface area contributed by atoms with Gasteiger partial charge in [-0.2, -0.15) is 8.42 Å². The van der Waals surface area contributed by atoms with Gasteiger partial charge in [0, 0.05) is 18.4 Å². The van der Waals surface area contributed by atoms with Crippen molar-refractivity contribution in [3.8, 4) is 0 Å². The van der Waals surface area contributed by atoms with E-state index in [0.29, 0.717) is 6.42 Å². The van der Waals surface area contributed by atoms with Crippen molar-refractivity contribution in [2.45, 2.75) is 96.8 Å². The maximum Gasteiger partial charge on any atom is 0.266 e. The molecule has 0 bridgehead atoms. The molecule has 0 saturated heterocycles. The van der Waals surface area contributed by atoms with E-state index in [2.05, 4.69) is 5.32 Å². The molecule has 0 radical (unpaired) electrons. The molecule has 4 aliphatic rings. The highest BCUT2D eigenvalue weighted by molar-refractivity contribution is 7.85. The number of carbonyl (C=O) groups is 1. The third-order valence-corrected chi connectivity index (χ3v) is 10.9. The van der Waals surface area contributed by atoms with Crippen LogP contribution in [0, 0.1) is 46.3 Å². The number of amides is 1. The molecule has 202 valence electrons. The van der Waals surface area contributed by atoms with E-state index in [9.17, 15) is 28.5 Å². The molecule has 4 aliphatic carbocycles. The third-order valence-electron chi connectivity index (χ3n) is 10.2. The van der Waals surface area contributed by atoms with Gasteiger partial charge in [0.2, 0.25) is 5.91 Å². The fourth-order valence-corrected chi connectivity index (χ4v) is 8.65. The van der Waals surface area contributed by atoms with Gasteiger partial charge in [-0.05, 0) is 97.6 Å². The molecule has 0 unspecified atom stereocenters. The van der Waals surface area contributed by atoms with Crippen molar-refractivity contribution in [2.24, 2.45) is 46.3 Å². The Morgan fingerprint density at radius 3 is 2.60 bits per heavy atom. The fourth-order valence-electron chi connectivity index (χ4n) is 8.29. The van der Waals surface area contributed by atoms with Gasteiger partial charge in [-0.15, -0.1) is 0 Å². The second kappa shape index (κ2) is 9.86. The van der Waals surface area contributed by atoms with Gasteiger partial charge in [-0.3, -0.25) is 9.35 Å². The standard InChI is InChI=1S/C26H45NO7S/c1-15(4-7-23(31)27-10-11-35(32,33)34)18-5-6-19-24-20(14-22(30)26(18,19)3)25(2)9-8-17(28)12-16(25)13-21(24)29/h15-22,24,28-30H,4-14H2,1-3H3,(H,27,31)(H,32,33,34)/t15-,16+,17-,18-,19+,20+,21-,22+,24+,25+,26-/m1/s1/i8D2,12D2,17D. The summed E-state index contributed by atoms with van der Waals surface area (Å²) in [6.45, 7) is 5.68. The average Bonchev–Trinajstić information content (AvgIpc) is 3.16. The van der Waals surface area contributed by atoms with Crippen LogP contribution in [-0.4, -0.2) is 64.8 Å². The van der Waals surface area contributed by atoms with Crippen LogP contribution in [0.3, 0.4) is 0 Å². The van der Waals surface area contributed by atoms with Crippen LogP contribution < -0.4 is 5.32 Å². The van der Waals surface area contributed by atoms with Crippen LogP contribution in [0.5, 0.6) is 0 Å². The van der Waals surface area contributed by atoms with E-state index in [-0.39, 0.29) is 61.8 Å². The molecule has 4 rings (SSSR count). The largest absolute Gasteiger partial charge is 0.393 e. The van der Waals surface area contributed by atoms with Gasteiger partial charge in [0.15, 0.2) is 0 Å². The summed E-state index contributed by atoms with van der Waals surface area (Å²) in [5.41, 5.74) is -1.55. The molecule has 5 N–H and O–H groups in total. The zero-order valence-corrected chi connectivity index (χ0v) is 21.7. The van der Waals surface area contributed by atoms with Gasteiger partial charge in [0.05, 0.1) is 25.4 Å². The van der Waals surface area contributed by atoms with Crippen LogP contribution >= 0.6 is 0 Å². The summed E-state index contributed by atoms with van der Waals surface area (Å²) in [6, 6.07) is 0. The topological polar surface area (TPSA) is 144 Å². The molecular weight excluding hydrogens is 470 g/mol. The number of nitrogens with one attached hydrogen (secondary N) is 1. The highest BCUT2D eigenvalue weighted by Gasteiger charge is 2.65. The summed E-state index contributed by atoms with van der Waals surface area (Å²) in [6.07, 6.45) is -7.61. The van der Waals surface area contributed by atoms with Crippen molar-refractivity contribution < 1.29 is 39.9 Å². The first-order valence-corrected chi connectivity index (χ1v) is 14.5. The predicted molar refractivity (Wildman–Crippen MR) is 132 cm³/mol. The van der Waals surface area contributed by atoms with Crippen molar-refractivity contribution in [3.63, 3.8) is 0 Å². The zero-order valence-electron chi connectivity index (χ0n) is 25.9. The Balaban J connectivity index is 1.53. The van der Waals surface area contributed by atoms with Crippen LogP contribution in [0.15, 0.2) is 0 Å². The summed E-state index contributed by atoms with van der Waals surface area (Å²) < 4.78 is 73.0. The van der Waals surface area contributed by atoms with Crippen LogP contribution in [0.4, 0.5) is 0 Å². The normalized spacial score (nSPS) is 53.3. The lowest BCUT2D eigenvalue weighted by molar-refractivity contribution is -0.207. The maximum atomic E-state index is 12.3. The van der Waals surface area contributed by atoms with E-state index in [1.54, 1.807) is 6.92 Å². The summed E-state index contributed by atoms with van der Waals surface area (Å²) in [5, 5.41) is 36.4. The van der Waals surface area contributed by atoms with E-state index in [0.717, 1.165) is 12.8 Å². The summed E-state index contributed by atoms with van der Waals surface area (Å²) in [5.74, 6) is -2.53. The molecule has 0 aromatic carbocycles. The van der Waals surface area contributed by atoms with E-state index in [1.807, 2.05) is 13.8 Å². The SMILES string of the molecule is [2H]C1([2H])C[C@@]2(C)[C@H](C[C@@H](O)[C@@H]3[C@@H]2C[C@H](O)[C@]2(C)[C@@H]([C@H](C)CCC(=O)NCCS(=O)(=O)O)CC[C@@H]32)C([2H])([2H])[C@]1([2H])O. The Morgan fingerprint density at radius 2 is 1.91 bits per heavy atom. The second-order valence-corrected chi connectivity index (χ2v) is 13.5. The van der Waals surface area contributed by atoms with Gasteiger partial charge in [-0.25, -0.2) is 0 Å². The number of aliphatic hydroxyl groups is 3. The van der Waals surface area contributed by atoms with Gasteiger partial charge in [-0.1, -0.05) is 20.8 Å². The molecule has 4 saturated carbocycles.